The molecule has 3 nitrogen and oxygen atoms in total. The van der Waals surface area contributed by atoms with Crippen molar-refractivity contribution in [2.45, 2.75) is 6.54 Å². The fourth-order valence-electron chi connectivity index (χ4n) is 1.76. The molecule has 0 saturated heterocycles. The average molecular weight is 328 g/mol. The van der Waals surface area contributed by atoms with Crippen LogP contribution in [0.2, 0.25) is 10.0 Å². The Hall–Kier alpha value is -1.78. The minimum absolute atomic E-state index is 0.0430. The number of carbonyl (C=O) groups is 1. The van der Waals surface area contributed by atoms with Crippen molar-refractivity contribution in [2.75, 3.05) is 7.11 Å². The van der Waals surface area contributed by atoms with E-state index < -0.39 is 11.7 Å². The van der Waals surface area contributed by atoms with Gasteiger partial charge in [0, 0.05) is 6.54 Å². The zero-order valence-corrected chi connectivity index (χ0v) is 12.6. The van der Waals surface area contributed by atoms with Crippen molar-refractivity contribution in [1.82, 2.24) is 5.32 Å². The molecule has 0 atom stereocenters. The monoisotopic (exact) mass is 327 g/mol. The molecule has 1 amide bonds. The second kappa shape index (κ2) is 6.78. The molecule has 0 fully saturated rings. The Morgan fingerprint density at radius 2 is 2.00 bits per heavy atom. The van der Waals surface area contributed by atoms with Gasteiger partial charge in [0.05, 0.1) is 22.7 Å². The number of carbonyl (C=O) groups excluding carboxylic acids is 1. The number of hydrogen-bond acceptors (Lipinski definition) is 2. The summed E-state index contributed by atoms with van der Waals surface area (Å²) in [4.78, 5) is 12.0. The third-order valence-corrected chi connectivity index (χ3v) is 3.44. The molecular formula is C15H12Cl2FNO2. The van der Waals surface area contributed by atoms with E-state index in [0.717, 1.165) is 11.6 Å². The lowest BCUT2D eigenvalue weighted by atomic mass is 10.2. The van der Waals surface area contributed by atoms with Crippen LogP contribution in [0, 0.1) is 5.82 Å². The third kappa shape index (κ3) is 3.86. The van der Waals surface area contributed by atoms with Gasteiger partial charge in [0.1, 0.15) is 11.6 Å². The molecule has 0 unspecified atom stereocenters. The van der Waals surface area contributed by atoms with Gasteiger partial charge >= 0.3 is 0 Å². The van der Waals surface area contributed by atoms with Crippen molar-refractivity contribution in [3.8, 4) is 5.75 Å². The van der Waals surface area contributed by atoms with Gasteiger partial charge in [-0.3, -0.25) is 4.79 Å². The number of nitrogens with one attached hydrogen (secondary N) is 1. The van der Waals surface area contributed by atoms with Gasteiger partial charge in [-0.2, -0.15) is 0 Å². The first-order valence-corrected chi connectivity index (χ1v) is 6.82. The highest BCUT2D eigenvalue weighted by molar-refractivity contribution is 6.36. The quantitative estimate of drug-likeness (QED) is 0.859. The van der Waals surface area contributed by atoms with Gasteiger partial charge < -0.3 is 10.1 Å². The fraction of sp³-hybridized carbons (Fsp3) is 0.133. The van der Waals surface area contributed by atoms with Crippen LogP contribution in [0.1, 0.15) is 15.9 Å². The second-order valence-electron chi connectivity index (χ2n) is 4.28. The summed E-state index contributed by atoms with van der Waals surface area (Å²) >= 11 is 11.5. The molecule has 0 saturated carbocycles. The number of benzene rings is 2. The predicted molar refractivity (Wildman–Crippen MR) is 80.6 cm³/mol. The van der Waals surface area contributed by atoms with Crippen molar-refractivity contribution in [3.05, 3.63) is 63.4 Å². The van der Waals surface area contributed by atoms with E-state index in [1.807, 2.05) is 12.1 Å². The Balaban J connectivity index is 2.10. The maximum atomic E-state index is 13.4. The lowest BCUT2D eigenvalue weighted by Crippen LogP contribution is -2.23. The molecule has 6 heteroatoms. The van der Waals surface area contributed by atoms with Gasteiger partial charge in [-0.1, -0.05) is 35.3 Å². The van der Waals surface area contributed by atoms with E-state index in [1.54, 1.807) is 19.2 Å². The molecule has 0 bridgehead atoms. The second-order valence-corrected chi connectivity index (χ2v) is 5.09. The molecule has 2 aromatic carbocycles. The molecule has 0 aliphatic carbocycles. The smallest absolute Gasteiger partial charge is 0.253 e. The molecule has 2 rings (SSSR count). The highest BCUT2D eigenvalue weighted by Crippen LogP contribution is 2.24. The van der Waals surface area contributed by atoms with Crippen molar-refractivity contribution < 1.29 is 13.9 Å². The number of amides is 1. The largest absolute Gasteiger partial charge is 0.497 e. The van der Waals surface area contributed by atoms with Crippen molar-refractivity contribution in [1.29, 1.82) is 0 Å². The van der Waals surface area contributed by atoms with Crippen LogP contribution in [-0.2, 0) is 6.54 Å². The molecule has 0 spiro atoms. The van der Waals surface area contributed by atoms with E-state index >= 15 is 0 Å². The van der Waals surface area contributed by atoms with Crippen LogP contribution in [-0.4, -0.2) is 13.0 Å². The maximum absolute atomic E-state index is 13.4. The molecule has 110 valence electrons. The number of hydrogen-bond donors (Lipinski definition) is 1. The van der Waals surface area contributed by atoms with Crippen molar-refractivity contribution in [3.63, 3.8) is 0 Å². The lowest BCUT2D eigenvalue weighted by molar-refractivity contribution is 0.0950. The zero-order valence-electron chi connectivity index (χ0n) is 11.1. The van der Waals surface area contributed by atoms with Gasteiger partial charge in [0.25, 0.3) is 5.91 Å². The van der Waals surface area contributed by atoms with Crippen molar-refractivity contribution >= 4 is 29.1 Å². The summed E-state index contributed by atoms with van der Waals surface area (Å²) in [7, 11) is 1.56. The first kappa shape index (κ1) is 15.6. The Morgan fingerprint density at radius 3 is 2.71 bits per heavy atom. The average Bonchev–Trinajstić information content (AvgIpc) is 2.48. The van der Waals surface area contributed by atoms with Gasteiger partial charge in [-0.25, -0.2) is 4.39 Å². The summed E-state index contributed by atoms with van der Waals surface area (Å²) < 4.78 is 18.5. The Labute approximate surface area is 131 Å². The predicted octanol–water partition coefficient (Wildman–Crippen LogP) is 4.07. The van der Waals surface area contributed by atoms with Gasteiger partial charge in [0.15, 0.2) is 0 Å². The highest BCUT2D eigenvalue weighted by Gasteiger charge is 2.14. The molecule has 1 N–H and O–H groups in total. The Morgan fingerprint density at radius 1 is 1.24 bits per heavy atom. The van der Waals surface area contributed by atoms with Crippen LogP contribution in [0.15, 0.2) is 36.4 Å². The summed E-state index contributed by atoms with van der Waals surface area (Å²) in [5.74, 6) is -0.469. The van der Waals surface area contributed by atoms with Gasteiger partial charge in [0.2, 0.25) is 0 Å². The van der Waals surface area contributed by atoms with Gasteiger partial charge in [-0.15, -0.1) is 0 Å². The molecule has 0 aromatic heterocycles. The SMILES string of the molecule is COc1cccc(CNC(=O)c2cc(F)c(Cl)cc2Cl)c1. The normalized spacial score (nSPS) is 10.3. The molecule has 0 aliphatic rings. The van der Waals surface area contributed by atoms with Gasteiger partial charge in [-0.05, 0) is 29.8 Å². The zero-order chi connectivity index (χ0) is 15.4. The fourth-order valence-corrected chi connectivity index (χ4v) is 2.23. The summed E-state index contributed by atoms with van der Waals surface area (Å²) in [5, 5.41) is 2.65. The molecular weight excluding hydrogens is 316 g/mol. The minimum Gasteiger partial charge on any atom is -0.497 e. The highest BCUT2D eigenvalue weighted by atomic mass is 35.5. The van der Waals surface area contributed by atoms with E-state index in [4.69, 9.17) is 27.9 Å². The van der Waals surface area contributed by atoms with Crippen LogP contribution in [0.25, 0.3) is 0 Å². The van der Waals surface area contributed by atoms with E-state index in [1.165, 1.54) is 6.07 Å². The van der Waals surface area contributed by atoms with E-state index in [0.29, 0.717) is 5.75 Å². The molecule has 0 radical (unpaired) electrons. The van der Waals surface area contributed by atoms with Crippen LogP contribution < -0.4 is 10.1 Å². The van der Waals surface area contributed by atoms with E-state index in [2.05, 4.69) is 5.32 Å². The van der Waals surface area contributed by atoms with Crippen molar-refractivity contribution in [2.24, 2.45) is 0 Å². The number of rotatable bonds is 4. The van der Waals surface area contributed by atoms with Crippen LogP contribution in [0.5, 0.6) is 5.75 Å². The summed E-state index contributed by atoms with van der Waals surface area (Å²) in [6.07, 6.45) is 0. The third-order valence-electron chi connectivity index (χ3n) is 2.84. The van der Waals surface area contributed by atoms with E-state index in [9.17, 15) is 9.18 Å². The van der Waals surface area contributed by atoms with Crippen LogP contribution in [0.4, 0.5) is 4.39 Å². The summed E-state index contributed by atoms with van der Waals surface area (Å²) in [6, 6.07) is 9.48. The topological polar surface area (TPSA) is 38.3 Å². The standard InChI is InChI=1S/C15H12Cl2FNO2/c1-21-10-4-2-3-9(5-10)8-19-15(20)11-6-14(18)13(17)7-12(11)16/h2-7H,8H2,1H3,(H,19,20). The summed E-state index contributed by atoms with van der Waals surface area (Å²) in [6.45, 7) is 0.274. The first-order valence-electron chi connectivity index (χ1n) is 6.07. The molecule has 21 heavy (non-hydrogen) atoms. The molecule has 0 heterocycles. The summed E-state index contributed by atoms with van der Waals surface area (Å²) in [5.41, 5.74) is 0.898. The first-order chi connectivity index (χ1) is 10.0. The number of ether oxygens (including phenoxy) is 1. The number of halogens is 3. The van der Waals surface area contributed by atoms with Crippen LogP contribution >= 0.6 is 23.2 Å². The molecule has 2 aromatic rings. The number of methoxy groups -OCH3 is 1. The lowest BCUT2D eigenvalue weighted by Gasteiger charge is -2.09. The van der Waals surface area contributed by atoms with Crippen LogP contribution in [0.3, 0.4) is 0 Å². The molecule has 0 aliphatic heterocycles. The Bertz CT molecular complexity index is 677. The van der Waals surface area contributed by atoms with E-state index in [-0.39, 0.29) is 22.2 Å². The maximum Gasteiger partial charge on any atom is 0.253 e. The minimum atomic E-state index is -0.687. The Kier molecular flexibility index (Phi) is 5.04.